The van der Waals surface area contributed by atoms with Crippen molar-refractivity contribution in [2.24, 2.45) is 0 Å². The number of rotatable bonds is 9. The average molecular weight is 356 g/mol. The quantitative estimate of drug-likeness (QED) is 0.684. The van der Waals surface area contributed by atoms with Gasteiger partial charge in [-0.05, 0) is 64.1 Å². The zero-order chi connectivity index (χ0) is 18.9. The molecular weight excluding hydrogens is 328 g/mol. The first-order valence-corrected chi connectivity index (χ1v) is 9.00. The van der Waals surface area contributed by atoms with Crippen LogP contribution in [0.5, 0.6) is 11.5 Å². The smallest absolute Gasteiger partial charge is 0.226 e. The first-order chi connectivity index (χ1) is 12.4. The molecule has 5 heteroatoms. The summed E-state index contributed by atoms with van der Waals surface area (Å²) in [6.45, 7) is 8.46. The number of para-hydroxylation sites is 2. The van der Waals surface area contributed by atoms with E-state index in [1.165, 1.54) is 0 Å². The average Bonchev–Trinajstić information content (AvgIpc) is 2.57. The molecule has 2 rings (SSSR count). The van der Waals surface area contributed by atoms with Crippen LogP contribution in [0.15, 0.2) is 48.5 Å². The van der Waals surface area contributed by atoms with Gasteiger partial charge in [-0.2, -0.15) is 0 Å². The van der Waals surface area contributed by atoms with Crippen molar-refractivity contribution in [3.8, 4) is 11.5 Å². The van der Waals surface area contributed by atoms with E-state index >= 15 is 0 Å². The summed E-state index contributed by atoms with van der Waals surface area (Å²) in [5, 5.41) is 6.15. The molecule has 0 spiro atoms. The van der Waals surface area contributed by atoms with Crippen LogP contribution in [0.4, 0.5) is 11.4 Å². The first kappa shape index (κ1) is 19.6. The van der Waals surface area contributed by atoms with Gasteiger partial charge in [0.1, 0.15) is 11.5 Å². The monoisotopic (exact) mass is 356 g/mol. The molecule has 0 saturated heterocycles. The number of amides is 1. The van der Waals surface area contributed by atoms with Crippen molar-refractivity contribution in [1.82, 2.24) is 0 Å². The second-order valence-electron chi connectivity index (χ2n) is 6.58. The molecule has 2 aromatic carbocycles. The second kappa shape index (κ2) is 9.70. The number of hydrogen-bond donors (Lipinski definition) is 2. The zero-order valence-corrected chi connectivity index (χ0v) is 15.9. The van der Waals surface area contributed by atoms with Gasteiger partial charge in [0.2, 0.25) is 5.91 Å². The van der Waals surface area contributed by atoms with Crippen LogP contribution in [0.25, 0.3) is 0 Å². The van der Waals surface area contributed by atoms with Gasteiger partial charge in [-0.1, -0.05) is 12.1 Å². The summed E-state index contributed by atoms with van der Waals surface area (Å²) in [4.78, 5) is 12.1. The Hall–Kier alpha value is -2.69. The van der Waals surface area contributed by atoms with Gasteiger partial charge in [-0.25, -0.2) is 0 Å². The van der Waals surface area contributed by atoms with E-state index in [0.717, 1.165) is 22.9 Å². The van der Waals surface area contributed by atoms with Crippen molar-refractivity contribution in [1.29, 1.82) is 0 Å². The maximum absolute atomic E-state index is 12.1. The van der Waals surface area contributed by atoms with Gasteiger partial charge in [0, 0.05) is 18.7 Å². The Morgan fingerprint density at radius 1 is 0.923 bits per heavy atom. The summed E-state index contributed by atoms with van der Waals surface area (Å²) in [5.74, 6) is 1.54. The molecule has 0 bridgehead atoms. The highest BCUT2D eigenvalue weighted by Gasteiger charge is 2.07. The fourth-order valence-electron chi connectivity index (χ4n) is 2.39. The van der Waals surface area contributed by atoms with Crippen LogP contribution >= 0.6 is 0 Å². The maximum Gasteiger partial charge on any atom is 0.226 e. The minimum atomic E-state index is -0.0442. The van der Waals surface area contributed by atoms with E-state index in [-0.39, 0.29) is 18.1 Å². The van der Waals surface area contributed by atoms with Gasteiger partial charge in [-0.15, -0.1) is 0 Å². The molecule has 0 heterocycles. The van der Waals surface area contributed by atoms with E-state index in [9.17, 15) is 4.79 Å². The lowest BCUT2D eigenvalue weighted by molar-refractivity contribution is -0.115. The lowest BCUT2D eigenvalue weighted by Crippen LogP contribution is -2.17. The second-order valence-corrected chi connectivity index (χ2v) is 6.58. The summed E-state index contributed by atoms with van der Waals surface area (Å²) in [6, 6.07) is 15.1. The molecular formula is C21H28N2O3. The molecule has 0 unspecified atom stereocenters. The summed E-state index contributed by atoms with van der Waals surface area (Å²) < 4.78 is 11.4. The Bertz CT molecular complexity index is 697. The Labute approximate surface area is 155 Å². The van der Waals surface area contributed by atoms with Crippen molar-refractivity contribution >= 4 is 17.3 Å². The number of benzene rings is 2. The standard InChI is InChI=1S/C21H28N2O3/c1-15(2)25-18-11-9-17(10-12-18)23-21(24)13-14-22-19-7-5-6-8-20(19)26-16(3)4/h5-12,15-16,22H,13-14H2,1-4H3,(H,23,24). The lowest BCUT2D eigenvalue weighted by Gasteiger charge is -2.15. The van der Waals surface area contributed by atoms with E-state index in [2.05, 4.69) is 10.6 Å². The third kappa shape index (κ3) is 6.67. The van der Waals surface area contributed by atoms with Crippen molar-refractivity contribution in [2.45, 2.75) is 46.3 Å². The SMILES string of the molecule is CC(C)Oc1ccc(NC(=O)CCNc2ccccc2OC(C)C)cc1. The number of nitrogens with one attached hydrogen (secondary N) is 2. The molecule has 0 fully saturated rings. The fourth-order valence-corrected chi connectivity index (χ4v) is 2.39. The van der Waals surface area contributed by atoms with Crippen LogP contribution in [0.1, 0.15) is 34.1 Å². The van der Waals surface area contributed by atoms with Crippen LogP contribution in [0.3, 0.4) is 0 Å². The summed E-state index contributed by atoms with van der Waals surface area (Å²) >= 11 is 0. The van der Waals surface area contributed by atoms with Crippen LogP contribution in [-0.4, -0.2) is 24.7 Å². The molecule has 0 atom stereocenters. The number of ether oxygens (including phenoxy) is 2. The first-order valence-electron chi connectivity index (χ1n) is 9.00. The van der Waals surface area contributed by atoms with E-state index in [0.29, 0.717) is 13.0 Å². The van der Waals surface area contributed by atoms with Gasteiger partial charge in [0.05, 0.1) is 17.9 Å². The number of carbonyl (C=O) groups excluding carboxylic acids is 1. The van der Waals surface area contributed by atoms with Crippen molar-refractivity contribution in [3.05, 3.63) is 48.5 Å². The maximum atomic E-state index is 12.1. The summed E-state index contributed by atoms with van der Waals surface area (Å²) in [5.41, 5.74) is 1.65. The molecule has 2 N–H and O–H groups in total. The molecule has 0 aliphatic rings. The van der Waals surface area contributed by atoms with E-state index < -0.39 is 0 Å². The van der Waals surface area contributed by atoms with Crippen molar-refractivity contribution in [2.75, 3.05) is 17.2 Å². The van der Waals surface area contributed by atoms with Crippen LogP contribution in [0.2, 0.25) is 0 Å². The van der Waals surface area contributed by atoms with Gasteiger partial charge in [-0.3, -0.25) is 4.79 Å². The predicted octanol–water partition coefficient (Wildman–Crippen LogP) is 4.70. The number of anilines is 2. The fraction of sp³-hybridized carbons (Fsp3) is 0.381. The van der Waals surface area contributed by atoms with Crippen LogP contribution < -0.4 is 20.1 Å². The third-order valence-electron chi connectivity index (χ3n) is 3.43. The molecule has 0 radical (unpaired) electrons. The topological polar surface area (TPSA) is 59.6 Å². The summed E-state index contributed by atoms with van der Waals surface area (Å²) in [6.07, 6.45) is 0.591. The Balaban J connectivity index is 1.80. The minimum absolute atomic E-state index is 0.0442. The zero-order valence-electron chi connectivity index (χ0n) is 15.9. The molecule has 26 heavy (non-hydrogen) atoms. The largest absolute Gasteiger partial charge is 0.491 e. The molecule has 0 aliphatic carbocycles. The normalized spacial score (nSPS) is 10.7. The van der Waals surface area contributed by atoms with Crippen LogP contribution in [0, 0.1) is 0 Å². The predicted molar refractivity (Wildman–Crippen MR) is 106 cm³/mol. The molecule has 1 amide bonds. The highest BCUT2D eigenvalue weighted by Crippen LogP contribution is 2.24. The summed E-state index contributed by atoms with van der Waals surface area (Å²) in [7, 11) is 0. The molecule has 0 aliphatic heterocycles. The van der Waals surface area contributed by atoms with Crippen LogP contribution in [-0.2, 0) is 4.79 Å². The molecule has 140 valence electrons. The Morgan fingerprint density at radius 2 is 1.58 bits per heavy atom. The molecule has 2 aromatic rings. The highest BCUT2D eigenvalue weighted by atomic mass is 16.5. The van der Waals surface area contributed by atoms with Gasteiger partial charge in [0.15, 0.2) is 0 Å². The number of carbonyl (C=O) groups is 1. The number of hydrogen-bond acceptors (Lipinski definition) is 4. The molecule has 0 aromatic heterocycles. The lowest BCUT2D eigenvalue weighted by atomic mass is 10.2. The highest BCUT2D eigenvalue weighted by molar-refractivity contribution is 5.91. The minimum Gasteiger partial charge on any atom is -0.491 e. The third-order valence-corrected chi connectivity index (χ3v) is 3.43. The van der Waals surface area contributed by atoms with Crippen molar-refractivity contribution in [3.63, 3.8) is 0 Å². The molecule has 0 saturated carbocycles. The Morgan fingerprint density at radius 3 is 2.23 bits per heavy atom. The van der Waals surface area contributed by atoms with Gasteiger partial charge < -0.3 is 20.1 Å². The van der Waals surface area contributed by atoms with E-state index in [1.807, 2.05) is 76.2 Å². The van der Waals surface area contributed by atoms with Crippen molar-refractivity contribution < 1.29 is 14.3 Å². The van der Waals surface area contributed by atoms with E-state index in [1.54, 1.807) is 0 Å². The van der Waals surface area contributed by atoms with Gasteiger partial charge >= 0.3 is 0 Å². The molecule has 5 nitrogen and oxygen atoms in total. The van der Waals surface area contributed by atoms with Gasteiger partial charge in [0.25, 0.3) is 0 Å². The Kier molecular flexibility index (Phi) is 7.33. The van der Waals surface area contributed by atoms with E-state index in [4.69, 9.17) is 9.47 Å².